The fraction of sp³-hybridized carbons (Fsp3) is 0.462. The summed E-state index contributed by atoms with van der Waals surface area (Å²) in [5.41, 5.74) is 2.88. The maximum atomic E-state index is 8.90. The second kappa shape index (κ2) is 5.41. The van der Waals surface area contributed by atoms with E-state index in [1.54, 1.807) is 0 Å². The number of nitriles is 1. The molecule has 2 heteroatoms. The molecule has 0 amide bonds. The van der Waals surface area contributed by atoms with Crippen molar-refractivity contribution in [3.8, 4) is 6.07 Å². The molecule has 1 aromatic rings. The van der Waals surface area contributed by atoms with Gasteiger partial charge in [-0.05, 0) is 38.0 Å². The van der Waals surface area contributed by atoms with Crippen LogP contribution in [-0.2, 0) is 0 Å². The number of nitrogens with one attached hydrogen (secondary N) is 1. The zero-order chi connectivity index (χ0) is 11.3. The van der Waals surface area contributed by atoms with Crippen molar-refractivity contribution in [2.24, 2.45) is 0 Å². The summed E-state index contributed by atoms with van der Waals surface area (Å²) in [7, 11) is 0. The van der Waals surface area contributed by atoms with E-state index in [4.69, 9.17) is 5.26 Å². The highest BCUT2D eigenvalue weighted by Gasteiger charge is 2.05. The van der Waals surface area contributed by atoms with Crippen molar-refractivity contribution in [2.45, 2.75) is 39.7 Å². The standard InChI is InChI=1S/C13H18N2/c1-4-6-10(2)15-13-8-5-7-12(9-14)11(13)3/h5,7-8,10,15H,4,6H2,1-3H3. The van der Waals surface area contributed by atoms with Crippen molar-refractivity contribution in [1.82, 2.24) is 0 Å². The Labute approximate surface area is 91.9 Å². The van der Waals surface area contributed by atoms with E-state index in [2.05, 4.69) is 25.2 Å². The van der Waals surface area contributed by atoms with Gasteiger partial charge in [-0.3, -0.25) is 0 Å². The van der Waals surface area contributed by atoms with Crippen molar-refractivity contribution in [3.63, 3.8) is 0 Å². The predicted octanol–water partition coefficient (Wildman–Crippen LogP) is 3.47. The summed E-state index contributed by atoms with van der Waals surface area (Å²) < 4.78 is 0. The van der Waals surface area contributed by atoms with Crippen molar-refractivity contribution in [2.75, 3.05) is 5.32 Å². The lowest BCUT2D eigenvalue weighted by Crippen LogP contribution is -2.15. The van der Waals surface area contributed by atoms with Gasteiger partial charge in [0.05, 0.1) is 11.6 Å². The lowest BCUT2D eigenvalue weighted by Gasteiger charge is -2.16. The minimum atomic E-state index is 0.461. The molecular weight excluding hydrogens is 184 g/mol. The molecule has 2 nitrogen and oxygen atoms in total. The fourth-order valence-corrected chi connectivity index (χ4v) is 1.68. The minimum Gasteiger partial charge on any atom is -0.382 e. The van der Waals surface area contributed by atoms with Crippen LogP contribution in [0.5, 0.6) is 0 Å². The fourth-order valence-electron chi connectivity index (χ4n) is 1.68. The van der Waals surface area contributed by atoms with Crippen molar-refractivity contribution in [1.29, 1.82) is 5.26 Å². The minimum absolute atomic E-state index is 0.461. The van der Waals surface area contributed by atoms with E-state index in [1.807, 2.05) is 25.1 Å². The SMILES string of the molecule is CCCC(C)Nc1cccc(C#N)c1C. The third-order valence-electron chi connectivity index (χ3n) is 2.58. The molecule has 0 aliphatic rings. The van der Waals surface area contributed by atoms with Gasteiger partial charge in [-0.1, -0.05) is 19.4 Å². The van der Waals surface area contributed by atoms with E-state index in [0.29, 0.717) is 6.04 Å². The Morgan fingerprint density at radius 1 is 1.47 bits per heavy atom. The summed E-state index contributed by atoms with van der Waals surface area (Å²) in [6.45, 7) is 6.33. The number of rotatable bonds is 4. The Hall–Kier alpha value is -1.49. The van der Waals surface area contributed by atoms with Gasteiger partial charge in [0.1, 0.15) is 0 Å². The first-order valence-electron chi connectivity index (χ1n) is 5.45. The monoisotopic (exact) mass is 202 g/mol. The van der Waals surface area contributed by atoms with Gasteiger partial charge in [-0.25, -0.2) is 0 Å². The largest absolute Gasteiger partial charge is 0.382 e. The van der Waals surface area contributed by atoms with Crippen LogP contribution in [-0.4, -0.2) is 6.04 Å². The molecule has 1 unspecified atom stereocenters. The Morgan fingerprint density at radius 3 is 2.80 bits per heavy atom. The number of hydrogen-bond donors (Lipinski definition) is 1. The van der Waals surface area contributed by atoms with Crippen LogP contribution in [0, 0.1) is 18.3 Å². The number of hydrogen-bond acceptors (Lipinski definition) is 2. The molecule has 0 saturated heterocycles. The normalized spacial score (nSPS) is 11.9. The maximum absolute atomic E-state index is 8.90. The highest BCUT2D eigenvalue weighted by molar-refractivity contribution is 5.57. The molecule has 0 saturated carbocycles. The molecule has 15 heavy (non-hydrogen) atoms. The van der Waals surface area contributed by atoms with Gasteiger partial charge in [0.25, 0.3) is 0 Å². The first kappa shape index (κ1) is 11.6. The number of nitrogens with zero attached hydrogens (tertiary/aromatic N) is 1. The van der Waals surface area contributed by atoms with Crippen LogP contribution in [0.25, 0.3) is 0 Å². The van der Waals surface area contributed by atoms with Gasteiger partial charge >= 0.3 is 0 Å². The Morgan fingerprint density at radius 2 is 2.20 bits per heavy atom. The van der Waals surface area contributed by atoms with Crippen LogP contribution >= 0.6 is 0 Å². The molecule has 0 aliphatic carbocycles. The third-order valence-corrected chi connectivity index (χ3v) is 2.58. The van der Waals surface area contributed by atoms with Crippen LogP contribution in [0.4, 0.5) is 5.69 Å². The Kier molecular flexibility index (Phi) is 4.17. The summed E-state index contributed by atoms with van der Waals surface area (Å²) in [6, 6.07) is 8.47. The highest BCUT2D eigenvalue weighted by atomic mass is 14.9. The summed E-state index contributed by atoms with van der Waals surface area (Å²) in [6.07, 6.45) is 2.32. The van der Waals surface area contributed by atoms with Crippen LogP contribution in [0.15, 0.2) is 18.2 Å². The van der Waals surface area contributed by atoms with Crippen LogP contribution in [0.2, 0.25) is 0 Å². The quantitative estimate of drug-likeness (QED) is 0.811. The maximum Gasteiger partial charge on any atom is 0.0995 e. The van der Waals surface area contributed by atoms with Gasteiger partial charge in [-0.2, -0.15) is 5.26 Å². The molecule has 0 radical (unpaired) electrons. The van der Waals surface area contributed by atoms with Crippen LogP contribution in [0.1, 0.15) is 37.8 Å². The lowest BCUT2D eigenvalue weighted by atomic mass is 10.1. The first-order valence-corrected chi connectivity index (χ1v) is 5.45. The van der Waals surface area contributed by atoms with Crippen molar-refractivity contribution < 1.29 is 0 Å². The molecule has 1 aromatic carbocycles. The van der Waals surface area contributed by atoms with Crippen LogP contribution in [0.3, 0.4) is 0 Å². The Bertz CT molecular complexity index is 363. The van der Waals surface area contributed by atoms with Crippen molar-refractivity contribution >= 4 is 5.69 Å². The number of anilines is 1. The van der Waals surface area contributed by atoms with Gasteiger partial charge in [-0.15, -0.1) is 0 Å². The second-order valence-corrected chi connectivity index (χ2v) is 3.92. The average molecular weight is 202 g/mol. The molecule has 0 bridgehead atoms. The van der Waals surface area contributed by atoms with Gasteiger partial charge in [0.2, 0.25) is 0 Å². The Balaban J connectivity index is 2.82. The molecule has 0 spiro atoms. The van der Waals surface area contributed by atoms with E-state index < -0.39 is 0 Å². The topological polar surface area (TPSA) is 35.8 Å². The summed E-state index contributed by atoms with van der Waals surface area (Å²) >= 11 is 0. The third kappa shape index (κ3) is 2.99. The molecule has 0 fully saturated rings. The van der Waals surface area contributed by atoms with E-state index in [9.17, 15) is 0 Å². The zero-order valence-electron chi connectivity index (χ0n) is 9.67. The summed E-state index contributed by atoms with van der Waals surface area (Å²) in [5, 5.41) is 12.3. The molecule has 80 valence electrons. The van der Waals surface area contributed by atoms with E-state index in [-0.39, 0.29) is 0 Å². The summed E-state index contributed by atoms with van der Waals surface area (Å²) in [5.74, 6) is 0. The van der Waals surface area contributed by atoms with Gasteiger partial charge < -0.3 is 5.32 Å². The second-order valence-electron chi connectivity index (χ2n) is 3.92. The van der Waals surface area contributed by atoms with Gasteiger partial charge in [0, 0.05) is 11.7 Å². The van der Waals surface area contributed by atoms with Gasteiger partial charge in [0.15, 0.2) is 0 Å². The van der Waals surface area contributed by atoms with E-state index >= 15 is 0 Å². The highest BCUT2D eigenvalue weighted by Crippen LogP contribution is 2.19. The smallest absolute Gasteiger partial charge is 0.0995 e. The van der Waals surface area contributed by atoms with E-state index in [1.165, 1.54) is 6.42 Å². The molecule has 1 atom stereocenters. The summed E-state index contributed by atoms with van der Waals surface area (Å²) in [4.78, 5) is 0. The van der Waals surface area contributed by atoms with Crippen molar-refractivity contribution in [3.05, 3.63) is 29.3 Å². The molecular formula is C13H18N2. The first-order chi connectivity index (χ1) is 7.19. The lowest BCUT2D eigenvalue weighted by molar-refractivity contribution is 0.690. The van der Waals surface area contributed by atoms with E-state index in [0.717, 1.165) is 23.2 Å². The van der Waals surface area contributed by atoms with Crippen LogP contribution < -0.4 is 5.32 Å². The average Bonchev–Trinajstić information content (AvgIpc) is 2.21. The molecule has 1 rings (SSSR count). The molecule has 0 heterocycles. The molecule has 1 N–H and O–H groups in total. The molecule has 0 aliphatic heterocycles. The molecule has 0 aromatic heterocycles. The predicted molar refractivity (Wildman–Crippen MR) is 63.9 cm³/mol. The zero-order valence-corrected chi connectivity index (χ0v) is 9.67. The number of benzene rings is 1.